The second-order valence-electron chi connectivity index (χ2n) is 10.1. The van der Waals surface area contributed by atoms with Crippen molar-refractivity contribution in [3.63, 3.8) is 0 Å². The molecule has 0 spiro atoms. The molecule has 0 saturated carbocycles. The summed E-state index contributed by atoms with van der Waals surface area (Å²) in [5.41, 5.74) is 6.52. The Labute approximate surface area is 224 Å². The molecule has 0 radical (unpaired) electrons. The predicted octanol–water partition coefficient (Wildman–Crippen LogP) is 8.09. The average Bonchev–Trinajstić information content (AvgIpc) is 2.93. The van der Waals surface area contributed by atoms with Gasteiger partial charge in [-0.05, 0) is 73.3 Å². The van der Waals surface area contributed by atoms with Crippen LogP contribution < -0.4 is 4.74 Å². The number of aliphatic hydroxyl groups excluding tert-OH is 1. The number of unbranched alkanes of at least 4 members (excludes halogenated alkanes) is 7. The lowest BCUT2D eigenvalue weighted by molar-refractivity contribution is 0.261. The Hall–Kier alpha value is -2.88. The van der Waals surface area contributed by atoms with Gasteiger partial charge in [-0.3, -0.25) is 0 Å². The van der Waals surface area contributed by atoms with Gasteiger partial charge < -0.3 is 14.7 Å². The molecule has 0 aliphatic rings. The lowest BCUT2D eigenvalue weighted by Gasteiger charge is -2.18. The number of likely N-dealkylation sites (N-methyl/N-ethyl adjacent to an activating group) is 1. The quantitative estimate of drug-likeness (QED) is 0.150. The van der Waals surface area contributed by atoms with Crippen molar-refractivity contribution in [3.05, 3.63) is 102 Å². The number of hydrogen-bond acceptors (Lipinski definition) is 3. The molecule has 1 N–H and O–H groups in total. The van der Waals surface area contributed by atoms with E-state index in [2.05, 4.69) is 104 Å². The highest BCUT2D eigenvalue weighted by molar-refractivity contribution is 5.98. The maximum atomic E-state index is 8.95. The fraction of sp³-hybridized carbons (Fsp3) is 0.412. The van der Waals surface area contributed by atoms with E-state index in [0.29, 0.717) is 13.2 Å². The van der Waals surface area contributed by atoms with Crippen molar-refractivity contribution in [3.8, 4) is 5.75 Å². The SMILES string of the molecule is CN(C)CCOc1ccc(C(=C(CCCCCCCCCCO)c2ccccc2)c2ccccc2)cc1. The molecule has 3 aromatic rings. The van der Waals surface area contributed by atoms with Gasteiger partial charge >= 0.3 is 0 Å². The summed E-state index contributed by atoms with van der Waals surface area (Å²) >= 11 is 0. The summed E-state index contributed by atoms with van der Waals surface area (Å²) in [6.45, 7) is 1.91. The topological polar surface area (TPSA) is 32.7 Å². The second-order valence-corrected chi connectivity index (χ2v) is 10.1. The summed E-state index contributed by atoms with van der Waals surface area (Å²) in [7, 11) is 4.13. The Kier molecular flexibility index (Phi) is 13.0. The predicted molar refractivity (Wildman–Crippen MR) is 158 cm³/mol. The van der Waals surface area contributed by atoms with Crippen LogP contribution in [0.5, 0.6) is 5.75 Å². The number of hydrogen-bond donors (Lipinski definition) is 1. The molecule has 0 aliphatic heterocycles. The zero-order valence-corrected chi connectivity index (χ0v) is 22.9. The van der Waals surface area contributed by atoms with Crippen LogP contribution in [0.3, 0.4) is 0 Å². The molecule has 0 amide bonds. The van der Waals surface area contributed by atoms with Gasteiger partial charge in [-0.1, -0.05) is 111 Å². The number of aliphatic hydroxyl groups is 1. The van der Waals surface area contributed by atoms with Crippen LogP contribution in [0, 0.1) is 0 Å². The lowest BCUT2D eigenvalue weighted by atomic mass is 9.86. The van der Waals surface area contributed by atoms with Crippen molar-refractivity contribution in [1.29, 1.82) is 0 Å². The fourth-order valence-electron chi connectivity index (χ4n) is 4.71. The Bertz CT molecular complexity index is 1030. The zero-order valence-electron chi connectivity index (χ0n) is 22.9. The summed E-state index contributed by atoms with van der Waals surface area (Å²) in [5.74, 6) is 0.915. The molecule has 37 heavy (non-hydrogen) atoms. The van der Waals surface area contributed by atoms with Gasteiger partial charge in [-0.2, -0.15) is 0 Å². The molecule has 0 saturated heterocycles. The van der Waals surface area contributed by atoms with Crippen LogP contribution in [0.25, 0.3) is 11.1 Å². The number of nitrogens with zero attached hydrogens (tertiary/aromatic N) is 1. The van der Waals surface area contributed by atoms with Crippen LogP contribution in [0.1, 0.15) is 74.5 Å². The summed E-state index contributed by atoms with van der Waals surface area (Å²) in [4.78, 5) is 2.13. The van der Waals surface area contributed by atoms with Gasteiger partial charge in [-0.25, -0.2) is 0 Å². The molecule has 3 heteroatoms. The fourth-order valence-corrected chi connectivity index (χ4v) is 4.71. The third-order valence-corrected chi connectivity index (χ3v) is 6.77. The van der Waals surface area contributed by atoms with Gasteiger partial charge in [0.05, 0.1) is 0 Å². The Morgan fingerprint density at radius 3 is 1.70 bits per heavy atom. The first-order chi connectivity index (χ1) is 18.2. The van der Waals surface area contributed by atoms with Crippen molar-refractivity contribution < 1.29 is 9.84 Å². The van der Waals surface area contributed by atoms with E-state index in [4.69, 9.17) is 9.84 Å². The van der Waals surface area contributed by atoms with Crippen LogP contribution in [-0.2, 0) is 0 Å². The Balaban J connectivity index is 1.80. The normalized spacial score (nSPS) is 12.0. The summed E-state index contributed by atoms with van der Waals surface area (Å²) in [6, 6.07) is 30.3. The smallest absolute Gasteiger partial charge is 0.119 e. The second kappa shape index (κ2) is 16.8. The largest absolute Gasteiger partial charge is 0.492 e. The molecular formula is C34H45NO2. The molecule has 3 rings (SSSR count). The minimum Gasteiger partial charge on any atom is -0.492 e. The standard InChI is InChI=1S/C34H45NO2/c1-35(2)26-28-37-32-24-22-31(23-25-32)34(30-19-13-10-14-20-30)33(29-17-11-9-12-18-29)21-15-7-5-3-4-6-8-16-27-36/h9-14,17-20,22-25,36H,3-8,15-16,21,26-28H2,1-2H3. The molecule has 0 bridgehead atoms. The highest BCUT2D eigenvalue weighted by atomic mass is 16.5. The van der Waals surface area contributed by atoms with E-state index in [9.17, 15) is 0 Å². The maximum absolute atomic E-state index is 8.95. The van der Waals surface area contributed by atoms with Crippen molar-refractivity contribution in [2.75, 3.05) is 33.9 Å². The third-order valence-electron chi connectivity index (χ3n) is 6.77. The molecule has 0 atom stereocenters. The molecule has 0 heterocycles. The minimum atomic E-state index is 0.324. The van der Waals surface area contributed by atoms with E-state index in [1.807, 2.05) is 0 Å². The van der Waals surface area contributed by atoms with E-state index in [0.717, 1.165) is 31.6 Å². The number of rotatable bonds is 17. The highest BCUT2D eigenvalue weighted by Gasteiger charge is 2.14. The van der Waals surface area contributed by atoms with Crippen LogP contribution >= 0.6 is 0 Å². The monoisotopic (exact) mass is 499 g/mol. The van der Waals surface area contributed by atoms with E-state index in [1.165, 1.54) is 66.4 Å². The van der Waals surface area contributed by atoms with Crippen molar-refractivity contribution in [1.82, 2.24) is 4.90 Å². The third kappa shape index (κ3) is 10.2. The van der Waals surface area contributed by atoms with Crippen molar-refractivity contribution in [2.45, 2.75) is 57.8 Å². The first-order valence-corrected chi connectivity index (χ1v) is 14.0. The molecular weight excluding hydrogens is 454 g/mol. The summed E-state index contributed by atoms with van der Waals surface area (Å²) in [6.07, 6.45) is 10.7. The van der Waals surface area contributed by atoms with Gasteiger partial charge in [0.25, 0.3) is 0 Å². The molecule has 198 valence electrons. The van der Waals surface area contributed by atoms with Crippen LogP contribution in [-0.4, -0.2) is 43.9 Å². The van der Waals surface area contributed by atoms with Crippen molar-refractivity contribution >= 4 is 11.1 Å². The molecule has 0 fully saturated rings. The molecule has 0 unspecified atom stereocenters. The summed E-state index contributed by atoms with van der Waals surface area (Å²) in [5, 5.41) is 8.95. The zero-order chi connectivity index (χ0) is 26.1. The van der Waals surface area contributed by atoms with E-state index in [1.54, 1.807) is 0 Å². The summed E-state index contributed by atoms with van der Waals surface area (Å²) < 4.78 is 5.97. The molecule has 3 aromatic carbocycles. The van der Waals surface area contributed by atoms with Crippen LogP contribution in [0.15, 0.2) is 84.9 Å². The van der Waals surface area contributed by atoms with Gasteiger partial charge in [0.1, 0.15) is 12.4 Å². The van der Waals surface area contributed by atoms with Crippen molar-refractivity contribution in [2.24, 2.45) is 0 Å². The van der Waals surface area contributed by atoms with Gasteiger partial charge in [0, 0.05) is 13.2 Å². The van der Waals surface area contributed by atoms with Gasteiger partial charge in [-0.15, -0.1) is 0 Å². The van der Waals surface area contributed by atoms with Gasteiger partial charge in [0.15, 0.2) is 0 Å². The maximum Gasteiger partial charge on any atom is 0.119 e. The highest BCUT2D eigenvalue weighted by Crippen LogP contribution is 2.36. The van der Waals surface area contributed by atoms with E-state index < -0.39 is 0 Å². The minimum absolute atomic E-state index is 0.324. The first-order valence-electron chi connectivity index (χ1n) is 14.0. The number of allylic oxidation sites excluding steroid dienone is 1. The first kappa shape index (κ1) is 28.7. The Morgan fingerprint density at radius 2 is 1.14 bits per heavy atom. The van der Waals surface area contributed by atoms with Crippen LogP contribution in [0.2, 0.25) is 0 Å². The molecule has 0 aromatic heterocycles. The average molecular weight is 500 g/mol. The van der Waals surface area contributed by atoms with Crippen LogP contribution in [0.4, 0.5) is 0 Å². The number of benzene rings is 3. The van der Waals surface area contributed by atoms with E-state index >= 15 is 0 Å². The Morgan fingerprint density at radius 1 is 0.622 bits per heavy atom. The van der Waals surface area contributed by atoms with E-state index in [-0.39, 0.29) is 0 Å². The lowest BCUT2D eigenvalue weighted by Crippen LogP contribution is -2.19. The van der Waals surface area contributed by atoms with Gasteiger partial charge in [0.2, 0.25) is 0 Å². The molecule has 0 aliphatic carbocycles. The number of ether oxygens (including phenoxy) is 1. The molecule has 3 nitrogen and oxygen atoms in total.